The Morgan fingerprint density at radius 2 is 2.26 bits per heavy atom. The van der Waals surface area contributed by atoms with E-state index in [0.717, 1.165) is 6.42 Å². The Morgan fingerprint density at radius 3 is 2.96 bits per heavy atom. The molecule has 23 heavy (non-hydrogen) atoms. The lowest BCUT2D eigenvalue weighted by atomic mass is 10.2. The molecule has 0 spiro atoms. The summed E-state index contributed by atoms with van der Waals surface area (Å²) in [5.41, 5.74) is 0.573. The van der Waals surface area contributed by atoms with E-state index < -0.39 is 18.0 Å². The van der Waals surface area contributed by atoms with Crippen LogP contribution in [-0.4, -0.2) is 47.6 Å². The number of ether oxygens (including phenoxy) is 1. The van der Waals surface area contributed by atoms with E-state index in [1.807, 2.05) is 0 Å². The van der Waals surface area contributed by atoms with Crippen molar-refractivity contribution in [3.63, 3.8) is 0 Å². The summed E-state index contributed by atoms with van der Waals surface area (Å²) in [4.78, 5) is 44.8. The van der Waals surface area contributed by atoms with E-state index in [0.29, 0.717) is 24.6 Å². The molecule has 1 aromatic heterocycles. The van der Waals surface area contributed by atoms with Gasteiger partial charge in [-0.15, -0.1) is 0 Å². The molecule has 2 fully saturated rings. The van der Waals surface area contributed by atoms with Crippen LogP contribution in [0.2, 0.25) is 0 Å². The summed E-state index contributed by atoms with van der Waals surface area (Å²) in [6.07, 6.45) is 4.51. The van der Waals surface area contributed by atoms with Gasteiger partial charge in [0.15, 0.2) is 0 Å². The number of esters is 1. The number of carbonyl (C=O) groups excluding carboxylic acids is 3. The third-order valence-electron chi connectivity index (χ3n) is 3.66. The van der Waals surface area contributed by atoms with Crippen LogP contribution in [0, 0.1) is 0 Å². The normalized spacial score (nSPS) is 22.2. The Balaban J connectivity index is 1.85. The Kier molecular flexibility index (Phi) is 3.92. The predicted molar refractivity (Wildman–Crippen MR) is 79.1 cm³/mol. The maximum Gasteiger partial charge on any atom is 0.328 e. The first-order valence-corrected chi connectivity index (χ1v) is 7.10. The van der Waals surface area contributed by atoms with E-state index in [-0.39, 0.29) is 11.7 Å². The van der Waals surface area contributed by atoms with Crippen molar-refractivity contribution in [2.75, 3.05) is 18.6 Å². The van der Waals surface area contributed by atoms with Gasteiger partial charge < -0.3 is 15.0 Å². The number of nitrogens with one attached hydrogen (secondary N) is 2. The molecule has 120 valence electrons. The molecule has 2 N–H and O–H groups in total. The fourth-order valence-electron chi connectivity index (χ4n) is 2.60. The molecule has 0 aromatic carbocycles. The largest absolute Gasteiger partial charge is 0.467 e. The minimum Gasteiger partial charge on any atom is -0.467 e. The first kappa shape index (κ1) is 14.9. The number of anilines is 1. The van der Waals surface area contributed by atoms with Gasteiger partial charge in [0.05, 0.1) is 12.8 Å². The van der Waals surface area contributed by atoms with Crippen LogP contribution in [0.15, 0.2) is 18.0 Å². The van der Waals surface area contributed by atoms with Crippen molar-refractivity contribution in [3.8, 4) is 0 Å². The number of hydrogen-bond acceptors (Lipinski definition) is 7. The summed E-state index contributed by atoms with van der Waals surface area (Å²) < 4.78 is 4.80. The zero-order chi connectivity index (χ0) is 16.4. The Labute approximate surface area is 131 Å². The predicted octanol–water partition coefficient (Wildman–Crippen LogP) is -0.201. The van der Waals surface area contributed by atoms with E-state index in [2.05, 4.69) is 20.6 Å². The van der Waals surface area contributed by atoms with E-state index in [9.17, 15) is 14.4 Å². The standard InChI is InChI=1S/C14H15N5O4/c1-23-12(21)10-3-2-6-19(10)13-15-5-4-8(16-13)7-9-11(20)18-14(22)17-9/h4-5,7,10H,2-3,6H2,1H3,(H2,17,18,20,22)/b9-7-. The fraction of sp³-hybridized carbons (Fsp3) is 0.357. The second-order valence-electron chi connectivity index (χ2n) is 5.12. The van der Waals surface area contributed by atoms with Crippen LogP contribution in [0.5, 0.6) is 0 Å². The first-order valence-electron chi connectivity index (χ1n) is 7.10. The number of carbonyl (C=O) groups is 3. The Morgan fingerprint density at radius 1 is 1.43 bits per heavy atom. The van der Waals surface area contributed by atoms with Crippen molar-refractivity contribution < 1.29 is 19.1 Å². The highest BCUT2D eigenvalue weighted by molar-refractivity contribution is 6.13. The summed E-state index contributed by atoms with van der Waals surface area (Å²) in [6, 6.07) is 0.635. The van der Waals surface area contributed by atoms with Crippen molar-refractivity contribution in [2.45, 2.75) is 18.9 Å². The minimum absolute atomic E-state index is 0.116. The van der Waals surface area contributed by atoms with Crippen LogP contribution >= 0.6 is 0 Å². The lowest BCUT2D eigenvalue weighted by molar-refractivity contribution is -0.142. The van der Waals surface area contributed by atoms with Gasteiger partial charge in [0.1, 0.15) is 11.7 Å². The van der Waals surface area contributed by atoms with Crippen LogP contribution in [0.4, 0.5) is 10.7 Å². The van der Waals surface area contributed by atoms with Gasteiger partial charge in [-0.1, -0.05) is 0 Å². The molecule has 3 amide bonds. The van der Waals surface area contributed by atoms with E-state index in [1.54, 1.807) is 11.0 Å². The van der Waals surface area contributed by atoms with Gasteiger partial charge in [-0.25, -0.2) is 19.6 Å². The number of aromatic nitrogens is 2. The van der Waals surface area contributed by atoms with Crippen LogP contribution in [0.3, 0.4) is 0 Å². The van der Waals surface area contributed by atoms with Crippen molar-refractivity contribution in [2.24, 2.45) is 0 Å². The molecule has 9 nitrogen and oxygen atoms in total. The van der Waals surface area contributed by atoms with Gasteiger partial charge in [-0.2, -0.15) is 0 Å². The molecule has 3 heterocycles. The molecule has 1 atom stereocenters. The lowest BCUT2D eigenvalue weighted by Crippen LogP contribution is -2.38. The summed E-state index contributed by atoms with van der Waals surface area (Å²) in [5.74, 6) is -0.446. The summed E-state index contributed by atoms with van der Waals surface area (Å²) in [5, 5.41) is 4.50. The third kappa shape index (κ3) is 2.98. The van der Waals surface area contributed by atoms with Crippen molar-refractivity contribution in [1.29, 1.82) is 0 Å². The number of nitrogens with zero attached hydrogens (tertiary/aromatic N) is 3. The molecule has 1 aromatic rings. The van der Waals surface area contributed by atoms with Crippen LogP contribution in [0.25, 0.3) is 6.08 Å². The van der Waals surface area contributed by atoms with E-state index in [1.165, 1.54) is 19.4 Å². The number of amides is 3. The summed E-state index contributed by atoms with van der Waals surface area (Å²) in [6.45, 7) is 0.650. The van der Waals surface area contributed by atoms with E-state index >= 15 is 0 Å². The molecule has 2 aliphatic heterocycles. The second-order valence-corrected chi connectivity index (χ2v) is 5.12. The molecule has 2 aliphatic rings. The summed E-state index contributed by atoms with van der Waals surface area (Å²) >= 11 is 0. The van der Waals surface area contributed by atoms with Gasteiger partial charge in [0.2, 0.25) is 5.95 Å². The van der Waals surface area contributed by atoms with Crippen molar-refractivity contribution in [1.82, 2.24) is 20.6 Å². The molecule has 0 bridgehead atoms. The smallest absolute Gasteiger partial charge is 0.328 e. The maximum absolute atomic E-state index is 11.8. The van der Waals surface area contributed by atoms with Crippen LogP contribution in [-0.2, 0) is 14.3 Å². The SMILES string of the molecule is COC(=O)C1CCCN1c1nccc(/C=C2\NC(=O)NC2=O)n1. The number of rotatable bonds is 3. The van der Waals surface area contributed by atoms with Crippen LogP contribution in [0.1, 0.15) is 18.5 Å². The quantitative estimate of drug-likeness (QED) is 0.451. The number of hydrogen-bond donors (Lipinski definition) is 2. The van der Waals surface area contributed by atoms with Gasteiger partial charge in [0, 0.05) is 12.7 Å². The molecular weight excluding hydrogens is 302 g/mol. The molecule has 0 saturated carbocycles. The highest BCUT2D eigenvalue weighted by Gasteiger charge is 2.33. The second kappa shape index (κ2) is 6.03. The van der Waals surface area contributed by atoms with Gasteiger partial charge in [-0.05, 0) is 25.0 Å². The zero-order valence-electron chi connectivity index (χ0n) is 12.4. The monoisotopic (exact) mass is 317 g/mol. The van der Waals surface area contributed by atoms with Gasteiger partial charge in [-0.3, -0.25) is 10.1 Å². The van der Waals surface area contributed by atoms with E-state index in [4.69, 9.17) is 4.74 Å². The van der Waals surface area contributed by atoms with Crippen molar-refractivity contribution in [3.05, 3.63) is 23.7 Å². The molecule has 3 rings (SSSR count). The third-order valence-corrected chi connectivity index (χ3v) is 3.66. The molecule has 0 radical (unpaired) electrons. The average Bonchev–Trinajstić information content (AvgIpc) is 3.14. The fourth-order valence-corrected chi connectivity index (χ4v) is 2.60. The van der Waals surface area contributed by atoms with Gasteiger partial charge >= 0.3 is 12.0 Å². The highest BCUT2D eigenvalue weighted by atomic mass is 16.5. The highest BCUT2D eigenvalue weighted by Crippen LogP contribution is 2.23. The number of urea groups is 1. The molecule has 1 unspecified atom stereocenters. The zero-order valence-corrected chi connectivity index (χ0v) is 12.4. The molecule has 0 aliphatic carbocycles. The average molecular weight is 317 g/mol. The summed E-state index contributed by atoms with van der Waals surface area (Å²) in [7, 11) is 1.35. The Hall–Kier alpha value is -2.97. The van der Waals surface area contributed by atoms with Crippen molar-refractivity contribution >= 4 is 29.9 Å². The molecular formula is C14H15N5O4. The molecule has 2 saturated heterocycles. The Bertz CT molecular complexity index is 702. The van der Waals surface area contributed by atoms with Crippen LogP contribution < -0.4 is 15.5 Å². The number of methoxy groups -OCH3 is 1. The maximum atomic E-state index is 11.8. The van der Waals surface area contributed by atoms with Gasteiger partial charge in [0.25, 0.3) is 5.91 Å². The topological polar surface area (TPSA) is 114 Å². The first-order chi connectivity index (χ1) is 11.1. The molecule has 9 heteroatoms. The lowest BCUT2D eigenvalue weighted by Gasteiger charge is -2.22. The number of imide groups is 1. The minimum atomic E-state index is -0.569.